The molecule has 0 spiro atoms. The second-order valence-electron chi connectivity index (χ2n) is 3.44. The molecule has 0 fully saturated rings. The summed E-state index contributed by atoms with van der Waals surface area (Å²) in [5, 5.41) is 7.71. The third-order valence-corrected chi connectivity index (χ3v) is 2.08. The number of nitrogens with zero attached hydrogens (tertiary/aromatic N) is 2. The molecule has 0 saturated heterocycles. The van der Waals surface area contributed by atoms with Crippen molar-refractivity contribution in [1.82, 2.24) is 10.2 Å². The predicted molar refractivity (Wildman–Crippen MR) is 63.2 cm³/mol. The molecule has 86 valence electrons. The topological polar surface area (TPSA) is 78.1 Å². The molecule has 0 bridgehead atoms. The molecule has 0 saturated carbocycles. The molecule has 0 atom stereocenters. The monoisotopic (exact) mass is 229 g/mol. The maximum absolute atomic E-state index is 11.0. The van der Waals surface area contributed by atoms with Crippen molar-refractivity contribution >= 4 is 11.8 Å². The van der Waals surface area contributed by atoms with Crippen LogP contribution in [0.4, 0.5) is 5.82 Å². The first-order valence-electron chi connectivity index (χ1n) is 5.04. The zero-order chi connectivity index (χ0) is 12.3. The zero-order valence-electron chi connectivity index (χ0n) is 9.25. The molecule has 0 amide bonds. The Morgan fingerprint density at radius 2 is 1.94 bits per heavy atom. The number of rotatable bonds is 2. The minimum absolute atomic E-state index is 0.209. The number of anilines is 1. The van der Waals surface area contributed by atoms with Crippen LogP contribution in [0.5, 0.6) is 5.75 Å². The fourth-order valence-corrected chi connectivity index (χ4v) is 1.42. The quantitative estimate of drug-likeness (QED) is 0.792. The first-order valence-corrected chi connectivity index (χ1v) is 5.04. The number of hydrogen-bond donors (Lipinski definition) is 1. The Kier molecular flexibility index (Phi) is 3.00. The Labute approximate surface area is 98.2 Å². The van der Waals surface area contributed by atoms with E-state index in [9.17, 15) is 4.79 Å². The molecule has 1 aromatic heterocycles. The summed E-state index contributed by atoms with van der Waals surface area (Å²) in [6.07, 6.45) is 0. The van der Waals surface area contributed by atoms with E-state index in [-0.39, 0.29) is 5.82 Å². The van der Waals surface area contributed by atoms with E-state index < -0.39 is 5.97 Å². The summed E-state index contributed by atoms with van der Waals surface area (Å²) < 4.78 is 5.06. The number of benzene rings is 1. The molecule has 0 aliphatic rings. The van der Waals surface area contributed by atoms with Crippen LogP contribution in [0.15, 0.2) is 36.4 Å². The number of nitrogens with two attached hydrogens (primary N) is 1. The molecule has 2 N–H and O–H groups in total. The Balaban J connectivity index is 2.50. The van der Waals surface area contributed by atoms with Crippen LogP contribution in [0.1, 0.15) is 6.92 Å². The van der Waals surface area contributed by atoms with Gasteiger partial charge in [-0.3, -0.25) is 4.79 Å². The standard InChI is InChI=1S/C12H11N3O2/c1-8(16)17-10-7-11(13)14-15-12(10)9-5-3-2-4-6-9/h2-7H,1H3,(H2,13,14). The van der Waals surface area contributed by atoms with Gasteiger partial charge in [0.2, 0.25) is 0 Å². The molecule has 5 nitrogen and oxygen atoms in total. The summed E-state index contributed by atoms with van der Waals surface area (Å²) in [5.41, 5.74) is 6.83. The normalized spacial score (nSPS) is 9.94. The third-order valence-electron chi connectivity index (χ3n) is 2.08. The van der Waals surface area contributed by atoms with Crippen molar-refractivity contribution < 1.29 is 9.53 Å². The lowest BCUT2D eigenvalue weighted by molar-refractivity contribution is -0.131. The number of esters is 1. The van der Waals surface area contributed by atoms with Crippen molar-refractivity contribution in [3.05, 3.63) is 36.4 Å². The van der Waals surface area contributed by atoms with Gasteiger partial charge in [0.15, 0.2) is 5.75 Å². The summed E-state index contributed by atoms with van der Waals surface area (Å²) >= 11 is 0. The highest BCUT2D eigenvalue weighted by Gasteiger charge is 2.11. The van der Waals surface area contributed by atoms with Gasteiger partial charge in [0.1, 0.15) is 11.5 Å². The number of ether oxygens (including phenoxy) is 1. The smallest absolute Gasteiger partial charge is 0.308 e. The van der Waals surface area contributed by atoms with Gasteiger partial charge in [-0.2, -0.15) is 0 Å². The Hall–Kier alpha value is -2.43. The van der Waals surface area contributed by atoms with Gasteiger partial charge < -0.3 is 10.5 Å². The summed E-state index contributed by atoms with van der Waals surface area (Å²) in [7, 11) is 0. The fourth-order valence-electron chi connectivity index (χ4n) is 1.42. The molecule has 2 aromatic rings. The molecule has 5 heteroatoms. The highest BCUT2D eigenvalue weighted by Crippen LogP contribution is 2.28. The second-order valence-corrected chi connectivity index (χ2v) is 3.44. The Morgan fingerprint density at radius 1 is 1.24 bits per heavy atom. The van der Waals surface area contributed by atoms with E-state index in [0.717, 1.165) is 5.56 Å². The third kappa shape index (κ3) is 2.57. The van der Waals surface area contributed by atoms with Gasteiger partial charge in [-0.15, -0.1) is 10.2 Å². The van der Waals surface area contributed by atoms with Gasteiger partial charge in [-0.05, 0) is 0 Å². The molecule has 0 radical (unpaired) electrons. The minimum atomic E-state index is -0.422. The second kappa shape index (κ2) is 4.61. The summed E-state index contributed by atoms with van der Waals surface area (Å²) in [4.78, 5) is 11.0. The van der Waals surface area contributed by atoms with Gasteiger partial charge in [0, 0.05) is 18.6 Å². The minimum Gasteiger partial charge on any atom is -0.424 e. The van der Waals surface area contributed by atoms with E-state index in [4.69, 9.17) is 10.5 Å². The van der Waals surface area contributed by atoms with E-state index in [1.54, 1.807) is 0 Å². The van der Waals surface area contributed by atoms with Crippen LogP contribution in [0.2, 0.25) is 0 Å². The average molecular weight is 229 g/mol. The molecule has 0 unspecified atom stereocenters. The van der Waals surface area contributed by atoms with Crippen molar-refractivity contribution in [2.24, 2.45) is 0 Å². The van der Waals surface area contributed by atoms with Gasteiger partial charge >= 0.3 is 5.97 Å². The molecular weight excluding hydrogens is 218 g/mol. The van der Waals surface area contributed by atoms with Crippen LogP contribution in [-0.2, 0) is 4.79 Å². The van der Waals surface area contributed by atoms with E-state index >= 15 is 0 Å². The van der Waals surface area contributed by atoms with Crippen LogP contribution in [-0.4, -0.2) is 16.2 Å². The lowest BCUT2D eigenvalue weighted by Gasteiger charge is -2.07. The molecule has 0 aliphatic heterocycles. The van der Waals surface area contributed by atoms with Crippen LogP contribution in [0, 0.1) is 0 Å². The van der Waals surface area contributed by atoms with Crippen molar-refractivity contribution in [3.8, 4) is 17.0 Å². The van der Waals surface area contributed by atoms with Gasteiger partial charge in [-0.25, -0.2) is 0 Å². The van der Waals surface area contributed by atoms with E-state index in [0.29, 0.717) is 11.4 Å². The van der Waals surface area contributed by atoms with E-state index in [2.05, 4.69) is 10.2 Å². The van der Waals surface area contributed by atoms with Crippen LogP contribution in [0.3, 0.4) is 0 Å². The van der Waals surface area contributed by atoms with Crippen LogP contribution >= 0.6 is 0 Å². The number of aromatic nitrogens is 2. The lowest BCUT2D eigenvalue weighted by atomic mass is 10.1. The van der Waals surface area contributed by atoms with Gasteiger partial charge in [0.25, 0.3) is 0 Å². The predicted octanol–water partition coefficient (Wildman–Crippen LogP) is 1.65. The molecule has 2 rings (SSSR count). The Morgan fingerprint density at radius 3 is 2.59 bits per heavy atom. The highest BCUT2D eigenvalue weighted by atomic mass is 16.5. The van der Waals surface area contributed by atoms with Gasteiger partial charge in [-0.1, -0.05) is 30.3 Å². The van der Waals surface area contributed by atoms with Crippen molar-refractivity contribution in [2.45, 2.75) is 6.92 Å². The number of carbonyl (C=O) groups is 1. The van der Waals surface area contributed by atoms with E-state index in [1.165, 1.54) is 13.0 Å². The Bertz CT molecular complexity index is 541. The SMILES string of the molecule is CC(=O)Oc1cc(N)nnc1-c1ccccc1. The lowest BCUT2D eigenvalue weighted by Crippen LogP contribution is -2.05. The van der Waals surface area contributed by atoms with Gasteiger partial charge in [0.05, 0.1) is 0 Å². The summed E-state index contributed by atoms with van der Waals surface area (Å²) in [6, 6.07) is 10.8. The zero-order valence-corrected chi connectivity index (χ0v) is 9.25. The van der Waals surface area contributed by atoms with E-state index in [1.807, 2.05) is 30.3 Å². The first kappa shape index (κ1) is 11.1. The highest BCUT2D eigenvalue weighted by molar-refractivity contribution is 5.75. The van der Waals surface area contributed by atoms with Crippen molar-refractivity contribution in [1.29, 1.82) is 0 Å². The number of hydrogen-bond acceptors (Lipinski definition) is 5. The molecule has 17 heavy (non-hydrogen) atoms. The molecule has 1 aromatic carbocycles. The van der Waals surface area contributed by atoms with Crippen LogP contribution in [0.25, 0.3) is 11.3 Å². The summed E-state index contributed by atoms with van der Waals surface area (Å²) in [6.45, 7) is 1.32. The molecule has 0 aliphatic carbocycles. The van der Waals surface area contributed by atoms with Crippen LogP contribution < -0.4 is 10.5 Å². The van der Waals surface area contributed by atoms with Crippen molar-refractivity contribution in [3.63, 3.8) is 0 Å². The summed E-state index contributed by atoms with van der Waals surface area (Å²) in [5.74, 6) is 0.103. The van der Waals surface area contributed by atoms with Crippen molar-refractivity contribution in [2.75, 3.05) is 5.73 Å². The maximum atomic E-state index is 11.0. The molecular formula is C12H11N3O2. The molecule has 1 heterocycles. The number of nitrogen functional groups attached to an aromatic ring is 1. The largest absolute Gasteiger partial charge is 0.424 e. The first-order chi connectivity index (χ1) is 8.16. The number of carbonyl (C=O) groups excluding carboxylic acids is 1. The average Bonchev–Trinajstić information content (AvgIpc) is 2.29. The fraction of sp³-hybridized carbons (Fsp3) is 0.0833. The maximum Gasteiger partial charge on any atom is 0.308 e.